The lowest BCUT2D eigenvalue weighted by Gasteiger charge is -2.22. The first-order valence-electron chi connectivity index (χ1n) is 10.4. The van der Waals surface area contributed by atoms with Crippen LogP contribution in [0.1, 0.15) is 28.2 Å². The summed E-state index contributed by atoms with van der Waals surface area (Å²) < 4.78 is 28.2. The van der Waals surface area contributed by atoms with Gasteiger partial charge in [0.2, 0.25) is 5.13 Å². The smallest absolute Gasteiger partial charge is 0.254 e. The predicted octanol–water partition coefficient (Wildman–Crippen LogP) is 3.64. The molecule has 4 rings (SSSR count). The lowest BCUT2D eigenvalue weighted by atomic mass is 10.1. The minimum absolute atomic E-state index is 0.0432. The number of methoxy groups -OCH3 is 2. The molecule has 0 aliphatic carbocycles. The molecule has 1 aliphatic rings. The number of hydrogen-bond donors (Lipinski definition) is 0. The average Bonchev–Trinajstić information content (AvgIpc) is 3.14. The maximum Gasteiger partial charge on any atom is 0.254 e. The molecule has 7 nitrogen and oxygen atoms in total. The molecule has 0 atom stereocenters. The number of halogens is 1. The molecular weight excluding hydrogens is 431 g/mol. The van der Waals surface area contributed by atoms with Crippen LogP contribution in [0.15, 0.2) is 42.5 Å². The summed E-state index contributed by atoms with van der Waals surface area (Å²) in [5.74, 6) is 1.60. The maximum absolute atomic E-state index is 13.1. The lowest BCUT2D eigenvalue weighted by molar-refractivity contribution is 0.0766. The first kappa shape index (κ1) is 22.0. The molecule has 9 heteroatoms. The van der Waals surface area contributed by atoms with E-state index in [2.05, 4.69) is 14.3 Å². The highest BCUT2D eigenvalue weighted by Crippen LogP contribution is 2.25. The van der Waals surface area contributed by atoms with E-state index < -0.39 is 0 Å². The SMILES string of the molecule is COc1cc(OC)cc(C(=O)N2CCCN(c3nc(Cc4ccc(F)cc4)ns3)CC2)c1. The number of aromatic nitrogens is 2. The molecule has 1 fully saturated rings. The summed E-state index contributed by atoms with van der Waals surface area (Å²) in [5, 5.41) is 0.847. The van der Waals surface area contributed by atoms with Crippen LogP contribution in [-0.2, 0) is 6.42 Å². The fraction of sp³-hybridized carbons (Fsp3) is 0.348. The van der Waals surface area contributed by atoms with Crippen LogP contribution in [0.2, 0.25) is 0 Å². The van der Waals surface area contributed by atoms with Crippen LogP contribution in [0.3, 0.4) is 0 Å². The Morgan fingerprint density at radius 2 is 1.75 bits per heavy atom. The largest absolute Gasteiger partial charge is 0.497 e. The molecule has 32 heavy (non-hydrogen) atoms. The van der Waals surface area contributed by atoms with Crippen molar-refractivity contribution in [3.05, 3.63) is 65.2 Å². The molecule has 0 saturated carbocycles. The highest BCUT2D eigenvalue weighted by atomic mass is 32.1. The van der Waals surface area contributed by atoms with Crippen LogP contribution in [-0.4, -0.2) is 60.6 Å². The Morgan fingerprint density at radius 3 is 2.44 bits per heavy atom. The van der Waals surface area contributed by atoms with Gasteiger partial charge < -0.3 is 19.3 Å². The molecule has 0 spiro atoms. The van der Waals surface area contributed by atoms with Gasteiger partial charge in [0.1, 0.15) is 23.1 Å². The highest BCUT2D eigenvalue weighted by Gasteiger charge is 2.23. The summed E-state index contributed by atoms with van der Waals surface area (Å²) in [6, 6.07) is 11.6. The van der Waals surface area contributed by atoms with E-state index in [1.807, 2.05) is 4.90 Å². The van der Waals surface area contributed by atoms with Crippen LogP contribution in [0.5, 0.6) is 11.5 Å². The Bertz CT molecular complexity index is 1050. The van der Waals surface area contributed by atoms with Crippen molar-refractivity contribution in [2.45, 2.75) is 12.8 Å². The summed E-state index contributed by atoms with van der Waals surface area (Å²) in [4.78, 5) is 21.8. The molecule has 168 valence electrons. The number of rotatable bonds is 6. The second-order valence-electron chi connectivity index (χ2n) is 7.53. The topological polar surface area (TPSA) is 67.8 Å². The second kappa shape index (κ2) is 9.95. The lowest BCUT2D eigenvalue weighted by Crippen LogP contribution is -2.35. The van der Waals surface area contributed by atoms with Gasteiger partial charge in [0.15, 0.2) is 0 Å². The zero-order chi connectivity index (χ0) is 22.5. The Balaban J connectivity index is 1.41. The van der Waals surface area contributed by atoms with Gasteiger partial charge in [-0.2, -0.15) is 4.37 Å². The first-order chi connectivity index (χ1) is 15.6. The summed E-state index contributed by atoms with van der Waals surface area (Å²) in [6.07, 6.45) is 1.40. The molecule has 1 saturated heterocycles. The van der Waals surface area contributed by atoms with Crippen LogP contribution in [0.25, 0.3) is 0 Å². The highest BCUT2D eigenvalue weighted by molar-refractivity contribution is 7.09. The monoisotopic (exact) mass is 456 g/mol. The van der Waals surface area contributed by atoms with Gasteiger partial charge in [-0.25, -0.2) is 9.37 Å². The molecule has 2 aromatic carbocycles. The molecule has 1 amide bonds. The number of benzene rings is 2. The third-order valence-corrected chi connectivity index (χ3v) is 6.20. The van der Waals surface area contributed by atoms with Crippen LogP contribution in [0, 0.1) is 5.82 Å². The van der Waals surface area contributed by atoms with E-state index in [0.29, 0.717) is 43.1 Å². The van der Waals surface area contributed by atoms with E-state index in [-0.39, 0.29) is 11.7 Å². The van der Waals surface area contributed by atoms with Crippen molar-refractivity contribution in [1.29, 1.82) is 0 Å². The van der Waals surface area contributed by atoms with Crippen molar-refractivity contribution >= 4 is 22.6 Å². The summed E-state index contributed by atoms with van der Waals surface area (Å²) in [7, 11) is 3.14. The normalized spacial score (nSPS) is 14.2. The van der Waals surface area contributed by atoms with E-state index in [9.17, 15) is 9.18 Å². The zero-order valence-corrected chi connectivity index (χ0v) is 18.9. The molecule has 0 bridgehead atoms. The summed E-state index contributed by atoms with van der Waals surface area (Å²) in [5.41, 5.74) is 1.52. The molecule has 1 aromatic heterocycles. The third-order valence-electron chi connectivity index (χ3n) is 5.38. The van der Waals surface area contributed by atoms with Gasteiger partial charge in [-0.15, -0.1) is 0 Å². The number of hydrogen-bond acceptors (Lipinski definition) is 7. The number of carbonyl (C=O) groups is 1. The molecule has 0 unspecified atom stereocenters. The van der Waals surface area contributed by atoms with E-state index in [1.165, 1.54) is 23.7 Å². The van der Waals surface area contributed by atoms with Gasteiger partial charge >= 0.3 is 0 Å². The Morgan fingerprint density at radius 1 is 1.03 bits per heavy atom. The van der Waals surface area contributed by atoms with Gasteiger partial charge in [0.25, 0.3) is 5.91 Å². The minimum Gasteiger partial charge on any atom is -0.497 e. The summed E-state index contributed by atoms with van der Waals surface area (Å²) >= 11 is 1.36. The number of carbonyl (C=O) groups excluding carboxylic acids is 1. The maximum atomic E-state index is 13.1. The molecular formula is C23H25FN4O3S. The number of nitrogens with zero attached hydrogens (tertiary/aromatic N) is 4. The van der Waals surface area contributed by atoms with Crippen molar-refractivity contribution < 1.29 is 18.7 Å². The van der Waals surface area contributed by atoms with Gasteiger partial charge in [-0.1, -0.05) is 12.1 Å². The van der Waals surface area contributed by atoms with E-state index in [4.69, 9.17) is 9.47 Å². The van der Waals surface area contributed by atoms with Gasteiger partial charge in [-0.05, 0) is 36.2 Å². The Kier molecular flexibility index (Phi) is 6.84. The number of amides is 1. The standard InChI is InChI=1S/C23H25FN4O3S/c1-30-19-13-17(14-20(15-19)31-2)22(29)27-8-3-9-28(11-10-27)23-25-21(26-32-23)12-16-4-6-18(24)7-5-16/h4-7,13-15H,3,8-12H2,1-2H3. The predicted molar refractivity (Wildman–Crippen MR) is 121 cm³/mol. The van der Waals surface area contributed by atoms with Gasteiger partial charge in [0, 0.05) is 55.8 Å². The molecule has 0 N–H and O–H groups in total. The van der Waals surface area contributed by atoms with E-state index >= 15 is 0 Å². The molecule has 3 aromatic rings. The van der Waals surface area contributed by atoms with Crippen molar-refractivity contribution in [2.24, 2.45) is 0 Å². The first-order valence-corrected chi connectivity index (χ1v) is 11.2. The van der Waals surface area contributed by atoms with Gasteiger partial charge in [0.05, 0.1) is 14.2 Å². The Labute approximate surface area is 190 Å². The van der Waals surface area contributed by atoms with Crippen molar-refractivity contribution in [2.75, 3.05) is 45.3 Å². The molecule has 2 heterocycles. The summed E-state index contributed by atoms with van der Waals surface area (Å²) in [6.45, 7) is 2.73. The quantitative estimate of drug-likeness (QED) is 0.564. The number of ether oxygens (including phenoxy) is 2. The van der Waals surface area contributed by atoms with Crippen molar-refractivity contribution in [3.63, 3.8) is 0 Å². The fourth-order valence-electron chi connectivity index (χ4n) is 3.66. The van der Waals surface area contributed by atoms with Crippen molar-refractivity contribution in [3.8, 4) is 11.5 Å². The zero-order valence-electron chi connectivity index (χ0n) is 18.1. The average molecular weight is 457 g/mol. The minimum atomic E-state index is -0.253. The van der Waals surface area contributed by atoms with Gasteiger partial charge in [-0.3, -0.25) is 4.79 Å². The van der Waals surface area contributed by atoms with Crippen LogP contribution < -0.4 is 14.4 Å². The van der Waals surface area contributed by atoms with Crippen LogP contribution in [0.4, 0.5) is 9.52 Å². The van der Waals surface area contributed by atoms with Crippen molar-refractivity contribution in [1.82, 2.24) is 14.3 Å². The van der Waals surface area contributed by atoms with E-state index in [0.717, 1.165) is 29.5 Å². The fourth-order valence-corrected chi connectivity index (χ4v) is 4.39. The number of anilines is 1. The third kappa shape index (κ3) is 5.16. The Hall–Kier alpha value is -3.20. The van der Waals surface area contributed by atoms with E-state index in [1.54, 1.807) is 44.6 Å². The molecule has 1 aliphatic heterocycles. The molecule has 0 radical (unpaired) electrons. The van der Waals surface area contributed by atoms with Crippen LogP contribution >= 0.6 is 11.5 Å². The second-order valence-corrected chi connectivity index (χ2v) is 8.26.